The molecule has 3 atom stereocenters. The maximum Gasteiger partial charge on any atom is 0.356 e. The van der Waals surface area contributed by atoms with Crippen molar-refractivity contribution < 1.29 is 19.1 Å². The van der Waals surface area contributed by atoms with Crippen LogP contribution in [-0.2, 0) is 20.8 Å². The molecule has 1 aliphatic rings. The molecule has 0 aromatic carbocycles. The molecule has 0 bridgehead atoms. The lowest BCUT2D eigenvalue weighted by atomic mass is 10.1. The van der Waals surface area contributed by atoms with Crippen LogP contribution in [0.5, 0.6) is 0 Å². The Morgan fingerprint density at radius 3 is 2.71 bits per heavy atom. The first-order valence-electron chi connectivity index (χ1n) is 11.2. The number of esters is 1. The van der Waals surface area contributed by atoms with Gasteiger partial charge in [-0.1, -0.05) is 20.8 Å². The molecule has 8 nitrogen and oxygen atoms in total. The monoisotopic (exact) mass is 430 g/mol. The minimum absolute atomic E-state index is 0.00293. The second-order valence-electron chi connectivity index (χ2n) is 8.31. The number of aromatic nitrogens is 2. The van der Waals surface area contributed by atoms with Crippen LogP contribution in [0.25, 0.3) is 11.0 Å². The Balaban J connectivity index is 2.16. The predicted molar refractivity (Wildman–Crippen MR) is 122 cm³/mol. The van der Waals surface area contributed by atoms with Crippen LogP contribution in [0.2, 0.25) is 0 Å². The Morgan fingerprint density at radius 2 is 2.10 bits per heavy atom. The second kappa shape index (κ2) is 10.1. The lowest BCUT2D eigenvalue weighted by Gasteiger charge is -2.15. The van der Waals surface area contributed by atoms with Crippen LogP contribution in [0.4, 0.5) is 11.4 Å². The maximum atomic E-state index is 12.8. The van der Waals surface area contributed by atoms with Gasteiger partial charge in [0.2, 0.25) is 5.91 Å². The zero-order chi connectivity index (χ0) is 22.5. The smallest absolute Gasteiger partial charge is 0.356 e. The SMILES string of the molecule is CC[C@H](C)Nc1cnc2c(c1)c(NC(=O)[C@@H](C)CC)c(C(=O)OC)n2C[C@@H]1CCCO1. The number of methoxy groups -OCH3 is 1. The third kappa shape index (κ3) is 5.01. The average molecular weight is 431 g/mol. The van der Waals surface area contributed by atoms with Crippen molar-refractivity contribution in [2.24, 2.45) is 5.92 Å². The minimum atomic E-state index is -0.508. The van der Waals surface area contributed by atoms with E-state index in [0.717, 1.165) is 24.9 Å². The molecule has 8 heteroatoms. The van der Waals surface area contributed by atoms with Gasteiger partial charge in [-0.3, -0.25) is 4.79 Å². The highest BCUT2D eigenvalue weighted by molar-refractivity contribution is 6.11. The van der Waals surface area contributed by atoms with Gasteiger partial charge in [0.1, 0.15) is 5.65 Å². The molecular formula is C23H34N4O4. The number of nitrogens with zero attached hydrogens (tertiary/aromatic N) is 2. The summed E-state index contributed by atoms with van der Waals surface area (Å²) in [5, 5.41) is 7.12. The van der Waals surface area contributed by atoms with Gasteiger partial charge >= 0.3 is 5.97 Å². The van der Waals surface area contributed by atoms with E-state index in [9.17, 15) is 9.59 Å². The summed E-state index contributed by atoms with van der Waals surface area (Å²) in [6.45, 7) is 9.22. The van der Waals surface area contributed by atoms with Crippen molar-refractivity contribution in [3.8, 4) is 0 Å². The van der Waals surface area contributed by atoms with Crippen LogP contribution in [0, 0.1) is 5.92 Å². The van der Waals surface area contributed by atoms with Crippen molar-refractivity contribution in [2.45, 2.75) is 72.1 Å². The van der Waals surface area contributed by atoms with Crippen molar-refractivity contribution >= 4 is 34.3 Å². The number of amides is 1. The van der Waals surface area contributed by atoms with Crippen LogP contribution in [0.1, 0.15) is 63.9 Å². The van der Waals surface area contributed by atoms with E-state index in [2.05, 4.69) is 29.5 Å². The number of hydrogen-bond donors (Lipinski definition) is 2. The van der Waals surface area contributed by atoms with E-state index in [4.69, 9.17) is 9.47 Å². The van der Waals surface area contributed by atoms with Gasteiger partial charge in [-0.2, -0.15) is 0 Å². The van der Waals surface area contributed by atoms with Gasteiger partial charge < -0.3 is 24.7 Å². The van der Waals surface area contributed by atoms with Gasteiger partial charge in [0.05, 0.1) is 37.3 Å². The molecule has 2 aromatic rings. The summed E-state index contributed by atoms with van der Waals surface area (Å²) >= 11 is 0. The number of carbonyl (C=O) groups is 2. The molecule has 3 rings (SSSR count). The van der Waals surface area contributed by atoms with Crippen molar-refractivity contribution in [3.63, 3.8) is 0 Å². The van der Waals surface area contributed by atoms with E-state index in [-0.39, 0.29) is 24.0 Å². The Hall–Kier alpha value is -2.61. The highest BCUT2D eigenvalue weighted by Gasteiger charge is 2.29. The second-order valence-corrected chi connectivity index (χ2v) is 8.31. The molecule has 0 saturated carbocycles. The Labute approximate surface area is 183 Å². The largest absolute Gasteiger partial charge is 0.464 e. The first-order valence-corrected chi connectivity index (χ1v) is 11.2. The Bertz CT molecular complexity index is 933. The molecule has 0 unspecified atom stereocenters. The van der Waals surface area contributed by atoms with Crippen molar-refractivity contribution in [3.05, 3.63) is 18.0 Å². The first kappa shape index (κ1) is 23.1. The van der Waals surface area contributed by atoms with Crippen LogP contribution in [-0.4, -0.2) is 47.3 Å². The molecule has 3 heterocycles. The fraction of sp³-hybridized carbons (Fsp3) is 0.609. The molecule has 1 aliphatic heterocycles. The standard InChI is InChI=1S/C23H34N4O4/c1-6-14(3)22(28)26-19-18-11-16(25-15(4)7-2)12-24-21(18)27(20(19)23(29)30-5)13-17-9-8-10-31-17/h11-12,14-15,17,25H,6-10,13H2,1-5H3,(H,26,28)/t14-,15-,17-/m0/s1. The zero-order valence-corrected chi connectivity index (χ0v) is 19.2. The highest BCUT2D eigenvalue weighted by atomic mass is 16.5. The van der Waals surface area contributed by atoms with E-state index >= 15 is 0 Å². The quantitative estimate of drug-likeness (QED) is 0.579. The van der Waals surface area contributed by atoms with Gasteiger partial charge in [0.15, 0.2) is 5.69 Å². The number of pyridine rings is 1. The fourth-order valence-electron chi connectivity index (χ4n) is 3.73. The Morgan fingerprint density at radius 1 is 1.32 bits per heavy atom. The van der Waals surface area contributed by atoms with Crippen LogP contribution in [0.3, 0.4) is 0 Å². The molecule has 2 N–H and O–H groups in total. The highest BCUT2D eigenvalue weighted by Crippen LogP contribution is 2.34. The molecule has 0 spiro atoms. The lowest BCUT2D eigenvalue weighted by Crippen LogP contribution is -2.23. The number of anilines is 2. The number of fused-ring (bicyclic) bond motifs is 1. The number of carbonyl (C=O) groups excluding carboxylic acids is 2. The van der Waals surface area contributed by atoms with E-state index in [1.165, 1.54) is 7.11 Å². The van der Waals surface area contributed by atoms with Gasteiger partial charge in [0.25, 0.3) is 0 Å². The maximum absolute atomic E-state index is 12.8. The van der Waals surface area contributed by atoms with E-state index in [1.807, 2.05) is 24.5 Å². The molecule has 170 valence electrons. The third-order valence-electron chi connectivity index (χ3n) is 6.02. The first-order chi connectivity index (χ1) is 14.9. The lowest BCUT2D eigenvalue weighted by molar-refractivity contribution is -0.119. The zero-order valence-electron chi connectivity index (χ0n) is 19.2. The van der Waals surface area contributed by atoms with Gasteiger partial charge in [0, 0.05) is 24.0 Å². The van der Waals surface area contributed by atoms with Crippen LogP contribution >= 0.6 is 0 Å². The fourth-order valence-corrected chi connectivity index (χ4v) is 3.73. The minimum Gasteiger partial charge on any atom is -0.464 e. The normalized spacial score (nSPS) is 18.0. The van der Waals surface area contributed by atoms with Crippen molar-refractivity contribution in [2.75, 3.05) is 24.4 Å². The average Bonchev–Trinajstić information content (AvgIpc) is 3.39. The predicted octanol–water partition coefficient (Wildman–Crippen LogP) is 4.20. The molecule has 31 heavy (non-hydrogen) atoms. The third-order valence-corrected chi connectivity index (χ3v) is 6.02. The summed E-state index contributed by atoms with van der Waals surface area (Å²) in [5.41, 5.74) is 2.22. The molecule has 2 aromatic heterocycles. The van der Waals surface area contributed by atoms with E-state index in [1.54, 1.807) is 6.20 Å². The van der Waals surface area contributed by atoms with Crippen molar-refractivity contribution in [1.29, 1.82) is 0 Å². The summed E-state index contributed by atoms with van der Waals surface area (Å²) < 4.78 is 12.7. The molecule has 1 fully saturated rings. The van der Waals surface area contributed by atoms with Crippen LogP contribution in [0.15, 0.2) is 12.3 Å². The van der Waals surface area contributed by atoms with E-state index in [0.29, 0.717) is 42.0 Å². The number of ether oxygens (including phenoxy) is 2. The summed E-state index contributed by atoms with van der Waals surface area (Å²) in [4.78, 5) is 30.3. The van der Waals surface area contributed by atoms with Crippen molar-refractivity contribution in [1.82, 2.24) is 9.55 Å². The number of nitrogens with one attached hydrogen (secondary N) is 2. The number of hydrogen-bond acceptors (Lipinski definition) is 6. The van der Waals surface area contributed by atoms with Gasteiger partial charge in [-0.25, -0.2) is 9.78 Å². The Kier molecular flexibility index (Phi) is 7.54. The number of rotatable bonds is 9. The van der Waals surface area contributed by atoms with Crippen LogP contribution < -0.4 is 10.6 Å². The topological polar surface area (TPSA) is 94.5 Å². The van der Waals surface area contributed by atoms with E-state index < -0.39 is 5.97 Å². The molecule has 0 aliphatic carbocycles. The summed E-state index contributed by atoms with van der Waals surface area (Å²) in [5.74, 6) is -0.826. The molecule has 1 saturated heterocycles. The summed E-state index contributed by atoms with van der Waals surface area (Å²) in [7, 11) is 1.35. The molecular weight excluding hydrogens is 396 g/mol. The summed E-state index contributed by atoms with van der Waals surface area (Å²) in [6.07, 6.45) is 5.34. The molecule has 1 amide bonds. The summed E-state index contributed by atoms with van der Waals surface area (Å²) in [6, 6.07) is 2.21. The molecule has 0 radical (unpaired) electrons. The van der Waals surface area contributed by atoms with Gasteiger partial charge in [-0.05, 0) is 38.7 Å². The van der Waals surface area contributed by atoms with Gasteiger partial charge in [-0.15, -0.1) is 0 Å².